The molecule has 0 saturated carbocycles. The Morgan fingerprint density at radius 1 is 1.04 bits per heavy atom. The zero-order valence-corrected chi connectivity index (χ0v) is 15.7. The molecule has 0 amide bonds. The van der Waals surface area contributed by atoms with Gasteiger partial charge in [-0.1, -0.05) is 18.2 Å². The van der Waals surface area contributed by atoms with Crippen molar-refractivity contribution in [2.75, 3.05) is 21.3 Å². The Bertz CT molecular complexity index is 942. The van der Waals surface area contributed by atoms with E-state index in [1.807, 2.05) is 0 Å². The molecule has 2 aromatic rings. The summed E-state index contributed by atoms with van der Waals surface area (Å²) in [5.74, 6) is -0.298. The molecule has 0 fully saturated rings. The molecule has 0 aliphatic rings. The molecular formula is C21H19NO6. The number of hydrogen-bond acceptors (Lipinski definition) is 7. The van der Waals surface area contributed by atoms with E-state index in [0.29, 0.717) is 28.2 Å². The van der Waals surface area contributed by atoms with Crippen LogP contribution in [0.1, 0.15) is 21.5 Å². The van der Waals surface area contributed by atoms with Crippen molar-refractivity contribution in [1.82, 2.24) is 0 Å². The first-order valence-corrected chi connectivity index (χ1v) is 8.21. The third kappa shape index (κ3) is 4.89. The summed E-state index contributed by atoms with van der Waals surface area (Å²) in [5.41, 5.74) is 1.44. The second kappa shape index (κ2) is 9.78. The average Bonchev–Trinajstić information content (AvgIpc) is 2.75. The number of esters is 2. The minimum absolute atomic E-state index is 0.0962. The maximum atomic E-state index is 11.9. The molecular weight excluding hydrogens is 362 g/mol. The van der Waals surface area contributed by atoms with Crippen LogP contribution in [0.3, 0.4) is 0 Å². The summed E-state index contributed by atoms with van der Waals surface area (Å²) in [7, 11) is 4.03. The number of rotatable bonds is 7. The SMILES string of the molecule is COC(=O)C(C#N)=Cc1ccc(OC)c(COc2ccccc2C(=O)OC)c1. The molecule has 0 aliphatic carbocycles. The van der Waals surface area contributed by atoms with Crippen LogP contribution < -0.4 is 9.47 Å². The van der Waals surface area contributed by atoms with Crippen molar-refractivity contribution in [1.29, 1.82) is 5.26 Å². The maximum absolute atomic E-state index is 11.9. The highest BCUT2D eigenvalue weighted by molar-refractivity contribution is 5.97. The van der Waals surface area contributed by atoms with E-state index in [0.717, 1.165) is 0 Å². The van der Waals surface area contributed by atoms with Crippen molar-refractivity contribution in [2.45, 2.75) is 6.61 Å². The highest BCUT2D eigenvalue weighted by atomic mass is 16.5. The fraction of sp³-hybridized carbons (Fsp3) is 0.190. The number of ether oxygens (including phenoxy) is 4. The topological polar surface area (TPSA) is 94.9 Å². The van der Waals surface area contributed by atoms with Crippen molar-refractivity contribution < 1.29 is 28.5 Å². The molecule has 7 heteroatoms. The van der Waals surface area contributed by atoms with E-state index in [1.54, 1.807) is 48.5 Å². The fourth-order valence-electron chi connectivity index (χ4n) is 2.44. The van der Waals surface area contributed by atoms with Gasteiger partial charge >= 0.3 is 11.9 Å². The van der Waals surface area contributed by atoms with E-state index in [1.165, 1.54) is 27.4 Å². The van der Waals surface area contributed by atoms with Gasteiger partial charge in [-0.15, -0.1) is 0 Å². The molecule has 0 saturated heterocycles. The van der Waals surface area contributed by atoms with E-state index in [2.05, 4.69) is 4.74 Å². The van der Waals surface area contributed by atoms with Crippen LogP contribution in [0.4, 0.5) is 0 Å². The lowest BCUT2D eigenvalue weighted by Crippen LogP contribution is -2.06. The highest BCUT2D eigenvalue weighted by Crippen LogP contribution is 2.25. The third-order valence-corrected chi connectivity index (χ3v) is 3.82. The average molecular weight is 381 g/mol. The Kier molecular flexibility index (Phi) is 7.17. The van der Waals surface area contributed by atoms with Gasteiger partial charge in [0, 0.05) is 5.56 Å². The molecule has 0 bridgehead atoms. The number of carbonyl (C=O) groups is 2. The van der Waals surface area contributed by atoms with Gasteiger partial charge in [0.15, 0.2) is 0 Å². The molecule has 0 atom stereocenters. The van der Waals surface area contributed by atoms with Crippen LogP contribution in [0.2, 0.25) is 0 Å². The molecule has 0 spiro atoms. The monoisotopic (exact) mass is 381 g/mol. The van der Waals surface area contributed by atoms with Gasteiger partial charge in [-0.25, -0.2) is 9.59 Å². The van der Waals surface area contributed by atoms with Crippen LogP contribution in [0.5, 0.6) is 11.5 Å². The molecule has 2 rings (SSSR count). The zero-order valence-electron chi connectivity index (χ0n) is 15.7. The van der Waals surface area contributed by atoms with Gasteiger partial charge in [0.1, 0.15) is 35.3 Å². The summed E-state index contributed by atoms with van der Waals surface area (Å²) in [6.45, 7) is 0.0962. The van der Waals surface area contributed by atoms with Crippen LogP contribution in [-0.2, 0) is 20.9 Å². The van der Waals surface area contributed by atoms with Crippen molar-refractivity contribution >= 4 is 18.0 Å². The molecule has 0 radical (unpaired) electrons. The lowest BCUT2D eigenvalue weighted by molar-refractivity contribution is -0.135. The Balaban J connectivity index is 2.31. The van der Waals surface area contributed by atoms with Crippen molar-refractivity contribution in [2.24, 2.45) is 0 Å². The molecule has 0 aliphatic heterocycles. The van der Waals surface area contributed by atoms with Gasteiger partial charge in [-0.3, -0.25) is 0 Å². The number of benzene rings is 2. The first kappa shape index (κ1) is 20.5. The smallest absolute Gasteiger partial charge is 0.348 e. The summed E-state index contributed by atoms with van der Waals surface area (Å²) in [6.07, 6.45) is 1.41. The molecule has 0 N–H and O–H groups in total. The summed E-state index contributed by atoms with van der Waals surface area (Å²) in [5, 5.41) is 9.10. The lowest BCUT2D eigenvalue weighted by Gasteiger charge is -2.13. The normalized spacial score (nSPS) is 10.6. The van der Waals surface area contributed by atoms with Crippen LogP contribution in [-0.4, -0.2) is 33.3 Å². The first-order chi connectivity index (χ1) is 13.5. The van der Waals surface area contributed by atoms with Gasteiger partial charge in [0.2, 0.25) is 0 Å². The number of methoxy groups -OCH3 is 3. The van der Waals surface area contributed by atoms with Crippen molar-refractivity contribution in [3.63, 3.8) is 0 Å². The van der Waals surface area contributed by atoms with Crippen LogP contribution >= 0.6 is 0 Å². The van der Waals surface area contributed by atoms with Crippen molar-refractivity contribution in [3.05, 3.63) is 64.7 Å². The predicted molar refractivity (Wildman–Crippen MR) is 101 cm³/mol. The quantitative estimate of drug-likeness (QED) is 0.413. The Morgan fingerprint density at radius 2 is 1.79 bits per heavy atom. The number of hydrogen-bond donors (Lipinski definition) is 0. The maximum Gasteiger partial charge on any atom is 0.348 e. The van der Waals surface area contributed by atoms with E-state index in [-0.39, 0.29) is 12.2 Å². The number of nitriles is 1. The Labute approximate surface area is 162 Å². The minimum Gasteiger partial charge on any atom is -0.496 e. The standard InChI is InChI=1S/C21H19NO6/c1-25-18-9-8-14(10-15(12-22)20(23)26-2)11-16(18)13-28-19-7-5-4-6-17(19)21(24)27-3/h4-11H,13H2,1-3H3. The van der Waals surface area contributed by atoms with Gasteiger partial charge < -0.3 is 18.9 Å². The van der Waals surface area contributed by atoms with Gasteiger partial charge in [-0.2, -0.15) is 5.26 Å². The van der Waals surface area contributed by atoms with E-state index in [4.69, 9.17) is 19.5 Å². The lowest BCUT2D eigenvalue weighted by atomic mass is 10.1. The highest BCUT2D eigenvalue weighted by Gasteiger charge is 2.14. The zero-order chi connectivity index (χ0) is 20.5. The molecule has 2 aromatic carbocycles. The van der Waals surface area contributed by atoms with Crippen LogP contribution in [0.15, 0.2) is 48.0 Å². The predicted octanol–water partition coefficient (Wildman–Crippen LogP) is 3.14. The molecule has 28 heavy (non-hydrogen) atoms. The minimum atomic E-state index is -0.719. The molecule has 144 valence electrons. The summed E-state index contributed by atoms with van der Waals surface area (Å²) in [4.78, 5) is 23.5. The Morgan fingerprint density at radius 3 is 2.43 bits per heavy atom. The molecule has 0 aromatic heterocycles. The van der Waals surface area contributed by atoms with Gasteiger partial charge in [0.25, 0.3) is 0 Å². The molecule has 7 nitrogen and oxygen atoms in total. The largest absolute Gasteiger partial charge is 0.496 e. The third-order valence-electron chi connectivity index (χ3n) is 3.82. The summed E-state index contributed by atoms with van der Waals surface area (Å²) in [6, 6.07) is 13.6. The van der Waals surface area contributed by atoms with E-state index in [9.17, 15) is 9.59 Å². The Hall–Kier alpha value is -3.79. The van der Waals surface area contributed by atoms with E-state index >= 15 is 0 Å². The number of para-hydroxylation sites is 1. The summed E-state index contributed by atoms with van der Waals surface area (Å²) >= 11 is 0. The van der Waals surface area contributed by atoms with E-state index < -0.39 is 11.9 Å². The fourth-order valence-corrected chi connectivity index (χ4v) is 2.44. The first-order valence-electron chi connectivity index (χ1n) is 8.21. The summed E-state index contributed by atoms with van der Waals surface area (Å²) < 4.78 is 20.5. The van der Waals surface area contributed by atoms with Crippen LogP contribution in [0, 0.1) is 11.3 Å². The second-order valence-corrected chi connectivity index (χ2v) is 5.51. The number of nitrogens with zero attached hydrogens (tertiary/aromatic N) is 1. The van der Waals surface area contributed by atoms with Gasteiger partial charge in [0.05, 0.1) is 21.3 Å². The van der Waals surface area contributed by atoms with Gasteiger partial charge in [-0.05, 0) is 35.9 Å². The second-order valence-electron chi connectivity index (χ2n) is 5.51. The number of carbonyl (C=O) groups excluding carboxylic acids is 2. The van der Waals surface area contributed by atoms with Crippen molar-refractivity contribution in [3.8, 4) is 17.6 Å². The molecule has 0 heterocycles. The van der Waals surface area contributed by atoms with Crippen LogP contribution in [0.25, 0.3) is 6.08 Å². The molecule has 0 unspecified atom stereocenters.